The molecular formula is C12H20N2O3S. The Morgan fingerprint density at radius 3 is 2.89 bits per heavy atom. The number of aliphatic hydroxyl groups is 1. The van der Waals surface area contributed by atoms with Crippen LogP contribution in [0, 0.1) is 0 Å². The summed E-state index contributed by atoms with van der Waals surface area (Å²) in [7, 11) is -3.21. The van der Waals surface area contributed by atoms with Gasteiger partial charge in [0.05, 0.1) is 17.0 Å². The van der Waals surface area contributed by atoms with E-state index in [1.807, 2.05) is 13.1 Å². The van der Waals surface area contributed by atoms with Gasteiger partial charge in [0, 0.05) is 25.4 Å². The predicted molar refractivity (Wildman–Crippen MR) is 69.0 cm³/mol. The smallest absolute Gasteiger partial charge is 0.153 e. The van der Waals surface area contributed by atoms with Crippen LogP contribution in [-0.4, -0.2) is 40.4 Å². The van der Waals surface area contributed by atoms with Crippen molar-refractivity contribution in [3.8, 4) is 0 Å². The molecule has 0 spiro atoms. The quantitative estimate of drug-likeness (QED) is 0.879. The largest absolute Gasteiger partial charge is 0.388 e. The SMILES string of the molecule is CCn1cc(CC2(O)CCCC2S(C)(=O)=O)cn1. The van der Waals surface area contributed by atoms with Gasteiger partial charge in [0.15, 0.2) is 9.84 Å². The minimum absolute atomic E-state index is 0.366. The number of aryl methyl sites for hydroxylation is 1. The normalized spacial score (nSPS) is 28.7. The highest BCUT2D eigenvalue weighted by Crippen LogP contribution is 2.37. The zero-order chi connectivity index (χ0) is 13.4. The number of rotatable bonds is 4. The molecule has 6 heteroatoms. The topological polar surface area (TPSA) is 72.2 Å². The highest BCUT2D eigenvalue weighted by Gasteiger charge is 2.46. The van der Waals surface area contributed by atoms with Gasteiger partial charge in [0.25, 0.3) is 0 Å². The average molecular weight is 272 g/mol. The molecule has 1 N–H and O–H groups in total. The molecule has 0 amide bonds. The molecule has 5 nitrogen and oxygen atoms in total. The first-order valence-electron chi connectivity index (χ1n) is 6.28. The van der Waals surface area contributed by atoms with Crippen molar-refractivity contribution in [2.75, 3.05) is 6.26 Å². The average Bonchev–Trinajstić information content (AvgIpc) is 2.84. The summed E-state index contributed by atoms with van der Waals surface area (Å²) in [5.41, 5.74) is -0.232. The van der Waals surface area contributed by atoms with Crippen LogP contribution < -0.4 is 0 Å². The maximum absolute atomic E-state index is 11.7. The van der Waals surface area contributed by atoms with Gasteiger partial charge in [0.1, 0.15) is 0 Å². The van der Waals surface area contributed by atoms with E-state index < -0.39 is 20.7 Å². The van der Waals surface area contributed by atoms with E-state index in [9.17, 15) is 13.5 Å². The Morgan fingerprint density at radius 1 is 1.61 bits per heavy atom. The summed E-state index contributed by atoms with van der Waals surface area (Å²) in [6, 6.07) is 0. The molecule has 2 rings (SSSR count). The standard InChI is InChI=1S/C12H20N2O3S/c1-3-14-9-10(8-13-14)7-12(15)6-4-5-11(12)18(2,16)17/h8-9,11,15H,3-7H2,1-2H3. The van der Waals surface area contributed by atoms with Gasteiger partial charge in [-0.2, -0.15) is 5.10 Å². The van der Waals surface area contributed by atoms with Gasteiger partial charge in [-0.3, -0.25) is 4.68 Å². The van der Waals surface area contributed by atoms with Crippen LogP contribution in [-0.2, 0) is 22.8 Å². The highest BCUT2D eigenvalue weighted by molar-refractivity contribution is 7.91. The van der Waals surface area contributed by atoms with E-state index >= 15 is 0 Å². The highest BCUT2D eigenvalue weighted by atomic mass is 32.2. The van der Waals surface area contributed by atoms with Crippen molar-refractivity contribution in [2.24, 2.45) is 0 Å². The molecule has 2 atom stereocenters. The maximum atomic E-state index is 11.7. The van der Waals surface area contributed by atoms with Gasteiger partial charge < -0.3 is 5.11 Å². The van der Waals surface area contributed by atoms with Crippen molar-refractivity contribution < 1.29 is 13.5 Å². The number of hydrogen-bond acceptors (Lipinski definition) is 4. The number of aromatic nitrogens is 2. The van der Waals surface area contributed by atoms with E-state index in [0.29, 0.717) is 19.3 Å². The molecule has 0 radical (unpaired) electrons. The Hall–Kier alpha value is -0.880. The lowest BCUT2D eigenvalue weighted by Crippen LogP contribution is -2.44. The van der Waals surface area contributed by atoms with Crippen molar-refractivity contribution in [1.82, 2.24) is 9.78 Å². The molecule has 1 aromatic rings. The summed E-state index contributed by atoms with van der Waals surface area (Å²) in [6.45, 7) is 2.76. The zero-order valence-corrected chi connectivity index (χ0v) is 11.7. The third kappa shape index (κ3) is 2.59. The van der Waals surface area contributed by atoms with Crippen molar-refractivity contribution in [2.45, 2.75) is 50.0 Å². The molecule has 1 fully saturated rings. The van der Waals surface area contributed by atoms with Crippen molar-refractivity contribution in [1.29, 1.82) is 0 Å². The van der Waals surface area contributed by atoms with Gasteiger partial charge in [-0.15, -0.1) is 0 Å². The first-order valence-corrected chi connectivity index (χ1v) is 8.23. The third-order valence-corrected chi connectivity index (χ3v) is 5.42. The third-order valence-electron chi connectivity index (χ3n) is 3.71. The molecule has 102 valence electrons. The van der Waals surface area contributed by atoms with Gasteiger partial charge >= 0.3 is 0 Å². The predicted octanol–water partition coefficient (Wildman–Crippen LogP) is 0.774. The second-order valence-electron chi connectivity index (χ2n) is 5.20. The maximum Gasteiger partial charge on any atom is 0.153 e. The lowest BCUT2D eigenvalue weighted by atomic mass is 9.94. The second kappa shape index (κ2) is 4.66. The molecule has 0 saturated heterocycles. The van der Waals surface area contributed by atoms with E-state index in [1.165, 1.54) is 6.26 Å². The molecule has 0 bridgehead atoms. The molecule has 1 aromatic heterocycles. The monoisotopic (exact) mass is 272 g/mol. The molecular weight excluding hydrogens is 252 g/mol. The minimum atomic E-state index is -3.21. The lowest BCUT2D eigenvalue weighted by molar-refractivity contribution is 0.0512. The summed E-state index contributed by atoms with van der Waals surface area (Å²) < 4.78 is 25.2. The van der Waals surface area contributed by atoms with Crippen molar-refractivity contribution in [3.05, 3.63) is 18.0 Å². The molecule has 1 saturated carbocycles. The second-order valence-corrected chi connectivity index (χ2v) is 7.42. The Bertz CT molecular complexity index is 523. The van der Waals surface area contributed by atoms with Crippen LogP contribution in [0.2, 0.25) is 0 Å². The van der Waals surface area contributed by atoms with Crippen LogP contribution >= 0.6 is 0 Å². The Kier molecular flexibility index (Phi) is 3.51. The number of sulfone groups is 1. The van der Waals surface area contributed by atoms with Crippen LogP contribution in [0.5, 0.6) is 0 Å². The Morgan fingerprint density at radius 2 is 2.33 bits per heavy atom. The van der Waals surface area contributed by atoms with Crippen LogP contribution in [0.3, 0.4) is 0 Å². The van der Waals surface area contributed by atoms with E-state index in [-0.39, 0.29) is 0 Å². The number of nitrogens with zero attached hydrogens (tertiary/aromatic N) is 2. The van der Waals surface area contributed by atoms with Crippen LogP contribution in [0.25, 0.3) is 0 Å². The van der Waals surface area contributed by atoms with Crippen molar-refractivity contribution >= 4 is 9.84 Å². The lowest BCUT2D eigenvalue weighted by Gasteiger charge is -2.28. The first-order chi connectivity index (χ1) is 8.35. The van der Waals surface area contributed by atoms with E-state index in [2.05, 4.69) is 5.10 Å². The summed E-state index contributed by atoms with van der Waals surface area (Å²) in [5, 5.41) is 14.1. The Labute approximate surface area is 108 Å². The van der Waals surface area contributed by atoms with Gasteiger partial charge in [0.2, 0.25) is 0 Å². The molecule has 1 aliphatic rings. The van der Waals surface area contributed by atoms with Crippen molar-refractivity contribution in [3.63, 3.8) is 0 Å². The fourth-order valence-electron chi connectivity index (χ4n) is 2.86. The van der Waals surface area contributed by atoms with E-state index in [4.69, 9.17) is 0 Å². The fraction of sp³-hybridized carbons (Fsp3) is 0.750. The Balaban J connectivity index is 2.20. The summed E-state index contributed by atoms with van der Waals surface area (Å²) in [4.78, 5) is 0. The van der Waals surface area contributed by atoms with Gasteiger partial charge in [-0.1, -0.05) is 0 Å². The summed E-state index contributed by atoms with van der Waals surface area (Å²) in [5.74, 6) is 0. The van der Waals surface area contributed by atoms with Gasteiger partial charge in [-0.05, 0) is 31.7 Å². The zero-order valence-electron chi connectivity index (χ0n) is 10.8. The first kappa shape index (κ1) is 13.5. The summed E-state index contributed by atoms with van der Waals surface area (Å²) >= 11 is 0. The molecule has 0 aromatic carbocycles. The molecule has 18 heavy (non-hydrogen) atoms. The molecule has 1 heterocycles. The van der Waals surface area contributed by atoms with Gasteiger partial charge in [-0.25, -0.2) is 8.42 Å². The summed E-state index contributed by atoms with van der Waals surface area (Å²) in [6.07, 6.45) is 7.01. The molecule has 2 unspecified atom stereocenters. The molecule has 1 aliphatic carbocycles. The minimum Gasteiger partial charge on any atom is -0.388 e. The van der Waals surface area contributed by atoms with E-state index in [0.717, 1.165) is 18.5 Å². The number of hydrogen-bond donors (Lipinski definition) is 1. The van der Waals surface area contributed by atoms with E-state index in [1.54, 1.807) is 10.9 Å². The van der Waals surface area contributed by atoms with Crippen LogP contribution in [0.15, 0.2) is 12.4 Å². The van der Waals surface area contributed by atoms with Crippen LogP contribution in [0.1, 0.15) is 31.7 Å². The van der Waals surface area contributed by atoms with Crippen LogP contribution in [0.4, 0.5) is 0 Å². The fourth-order valence-corrected chi connectivity index (χ4v) is 4.46. The molecule has 0 aliphatic heterocycles.